The molecule has 100 valence electrons. The van der Waals surface area contributed by atoms with E-state index < -0.39 is 0 Å². The molecule has 2 heterocycles. The normalized spacial score (nSPS) is 20.9. The molecule has 7 nitrogen and oxygen atoms in total. The largest absolute Gasteiger partial charge is 0.366 e. The second-order valence-electron chi connectivity index (χ2n) is 4.66. The van der Waals surface area contributed by atoms with E-state index >= 15 is 0 Å². The highest BCUT2D eigenvalue weighted by molar-refractivity contribution is 5.80. The second kappa shape index (κ2) is 5.45. The fourth-order valence-electron chi connectivity index (χ4n) is 1.94. The third-order valence-corrected chi connectivity index (χ3v) is 2.88. The van der Waals surface area contributed by atoms with Crippen LogP contribution in [0, 0.1) is 6.92 Å². The van der Waals surface area contributed by atoms with Gasteiger partial charge in [0.2, 0.25) is 0 Å². The average Bonchev–Trinajstić information content (AvgIpc) is 2.74. The molecule has 18 heavy (non-hydrogen) atoms. The Balaban J connectivity index is 1.92. The standard InChI is InChI=1S/C11H19N5O2/c1-8-12-10(14-13-8)7-16-4-5-18-9(6-16)11(17)15(2)3/h9H,4-7H2,1-3H3,(H,12,13,14)/t9-/m0/s1. The van der Waals surface area contributed by atoms with Crippen molar-refractivity contribution in [2.24, 2.45) is 0 Å². The molecular weight excluding hydrogens is 234 g/mol. The Hall–Kier alpha value is -1.47. The summed E-state index contributed by atoms with van der Waals surface area (Å²) in [5, 5.41) is 6.92. The van der Waals surface area contributed by atoms with Crippen molar-refractivity contribution in [2.75, 3.05) is 33.8 Å². The van der Waals surface area contributed by atoms with E-state index in [1.165, 1.54) is 0 Å². The van der Waals surface area contributed by atoms with Gasteiger partial charge in [0.25, 0.3) is 5.91 Å². The number of morpholine rings is 1. The predicted molar refractivity (Wildman–Crippen MR) is 64.8 cm³/mol. The Morgan fingerprint density at radius 3 is 3.00 bits per heavy atom. The van der Waals surface area contributed by atoms with Gasteiger partial charge in [-0.05, 0) is 6.92 Å². The molecule has 1 aromatic rings. The molecule has 0 bridgehead atoms. The van der Waals surface area contributed by atoms with E-state index in [1.54, 1.807) is 19.0 Å². The molecule has 1 aliphatic heterocycles. The third-order valence-electron chi connectivity index (χ3n) is 2.88. The highest BCUT2D eigenvalue weighted by Crippen LogP contribution is 2.09. The number of nitrogens with zero attached hydrogens (tertiary/aromatic N) is 4. The van der Waals surface area contributed by atoms with Gasteiger partial charge >= 0.3 is 0 Å². The summed E-state index contributed by atoms with van der Waals surface area (Å²) >= 11 is 0. The number of ether oxygens (including phenoxy) is 1. The topological polar surface area (TPSA) is 74.4 Å². The average molecular weight is 253 g/mol. The summed E-state index contributed by atoms with van der Waals surface area (Å²) in [6.07, 6.45) is -0.381. The maximum atomic E-state index is 11.8. The lowest BCUT2D eigenvalue weighted by Crippen LogP contribution is -2.49. The number of hydrogen-bond acceptors (Lipinski definition) is 5. The molecule has 1 amide bonds. The van der Waals surface area contributed by atoms with Crippen LogP contribution >= 0.6 is 0 Å². The molecule has 1 fully saturated rings. The zero-order chi connectivity index (χ0) is 13.1. The lowest BCUT2D eigenvalue weighted by Gasteiger charge is -2.32. The molecule has 0 radical (unpaired) electrons. The number of carbonyl (C=O) groups is 1. The first-order valence-electron chi connectivity index (χ1n) is 5.99. The van der Waals surface area contributed by atoms with Gasteiger partial charge in [0.1, 0.15) is 11.9 Å². The van der Waals surface area contributed by atoms with E-state index in [-0.39, 0.29) is 12.0 Å². The second-order valence-corrected chi connectivity index (χ2v) is 4.66. The summed E-state index contributed by atoms with van der Waals surface area (Å²) in [5.41, 5.74) is 0. The van der Waals surface area contributed by atoms with Crippen LogP contribution in [0.2, 0.25) is 0 Å². The highest BCUT2D eigenvalue weighted by Gasteiger charge is 2.28. The first kappa shape index (κ1) is 13.0. The number of aromatic amines is 1. The Kier molecular flexibility index (Phi) is 3.93. The molecule has 1 aliphatic rings. The summed E-state index contributed by atoms with van der Waals surface area (Å²) in [6, 6.07) is 0. The molecule has 0 aromatic carbocycles. The van der Waals surface area contributed by atoms with E-state index in [9.17, 15) is 4.79 Å². The van der Waals surface area contributed by atoms with Crippen LogP contribution in [0.25, 0.3) is 0 Å². The summed E-state index contributed by atoms with van der Waals surface area (Å²) in [4.78, 5) is 19.8. The van der Waals surface area contributed by atoms with Gasteiger partial charge in [-0.3, -0.25) is 14.8 Å². The maximum absolute atomic E-state index is 11.8. The minimum atomic E-state index is -0.381. The van der Waals surface area contributed by atoms with E-state index in [2.05, 4.69) is 20.1 Å². The quantitative estimate of drug-likeness (QED) is 0.779. The fraction of sp³-hybridized carbons (Fsp3) is 0.727. The van der Waals surface area contributed by atoms with E-state index in [4.69, 9.17) is 4.74 Å². The van der Waals surface area contributed by atoms with Crippen LogP contribution in [0.3, 0.4) is 0 Å². The van der Waals surface area contributed by atoms with Crippen LogP contribution in [-0.2, 0) is 16.1 Å². The SMILES string of the molecule is Cc1nc(CN2CCO[C@H](C(=O)N(C)C)C2)n[nH]1. The zero-order valence-electron chi connectivity index (χ0n) is 11.0. The molecule has 1 saturated heterocycles. The molecule has 7 heteroatoms. The van der Waals surface area contributed by atoms with Crippen molar-refractivity contribution in [1.82, 2.24) is 25.0 Å². The van der Waals surface area contributed by atoms with E-state index in [0.29, 0.717) is 19.7 Å². The van der Waals surface area contributed by atoms with Crippen LogP contribution in [0.4, 0.5) is 0 Å². The molecule has 0 aliphatic carbocycles. The molecular formula is C11H19N5O2. The molecule has 2 rings (SSSR count). The minimum Gasteiger partial charge on any atom is -0.366 e. The highest BCUT2D eigenvalue weighted by atomic mass is 16.5. The van der Waals surface area contributed by atoms with Crippen molar-refractivity contribution in [3.63, 3.8) is 0 Å². The number of amides is 1. The van der Waals surface area contributed by atoms with Gasteiger partial charge in [-0.2, -0.15) is 5.10 Å². The number of aromatic nitrogens is 3. The van der Waals surface area contributed by atoms with E-state index in [1.807, 2.05) is 6.92 Å². The predicted octanol–water partition coefficient (Wildman–Crippen LogP) is -0.598. The van der Waals surface area contributed by atoms with Crippen molar-refractivity contribution in [3.05, 3.63) is 11.6 Å². The number of hydrogen-bond donors (Lipinski definition) is 1. The van der Waals surface area contributed by atoms with E-state index in [0.717, 1.165) is 18.2 Å². The first-order chi connectivity index (χ1) is 8.56. The molecule has 0 spiro atoms. The van der Waals surface area contributed by atoms with Crippen molar-refractivity contribution in [3.8, 4) is 0 Å². The van der Waals surface area contributed by atoms with Gasteiger partial charge in [-0.25, -0.2) is 4.98 Å². The number of rotatable bonds is 3. The van der Waals surface area contributed by atoms with Crippen LogP contribution in [0.1, 0.15) is 11.6 Å². The summed E-state index contributed by atoms with van der Waals surface area (Å²) in [5.74, 6) is 1.57. The molecule has 0 unspecified atom stereocenters. The maximum Gasteiger partial charge on any atom is 0.252 e. The smallest absolute Gasteiger partial charge is 0.252 e. The van der Waals surface area contributed by atoms with Gasteiger partial charge in [-0.15, -0.1) is 0 Å². The number of likely N-dealkylation sites (N-methyl/N-ethyl adjacent to an activating group) is 1. The Morgan fingerprint density at radius 2 is 2.39 bits per heavy atom. The van der Waals surface area contributed by atoms with Gasteiger partial charge in [0.05, 0.1) is 13.2 Å². The third kappa shape index (κ3) is 3.05. The fourth-order valence-corrected chi connectivity index (χ4v) is 1.94. The first-order valence-corrected chi connectivity index (χ1v) is 5.99. The zero-order valence-corrected chi connectivity index (χ0v) is 11.0. The van der Waals surface area contributed by atoms with Gasteiger partial charge < -0.3 is 9.64 Å². The number of carbonyl (C=O) groups excluding carboxylic acids is 1. The summed E-state index contributed by atoms with van der Waals surface area (Å²) in [7, 11) is 3.48. The van der Waals surface area contributed by atoms with Crippen LogP contribution in [-0.4, -0.2) is 70.8 Å². The van der Waals surface area contributed by atoms with Crippen molar-refractivity contribution < 1.29 is 9.53 Å². The van der Waals surface area contributed by atoms with Crippen molar-refractivity contribution in [1.29, 1.82) is 0 Å². The van der Waals surface area contributed by atoms with Gasteiger partial charge in [-0.1, -0.05) is 0 Å². The lowest BCUT2D eigenvalue weighted by molar-refractivity contribution is -0.147. The molecule has 1 atom stereocenters. The number of nitrogens with one attached hydrogen (secondary N) is 1. The lowest BCUT2D eigenvalue weighted by atomic mass is 10.2. The minimum absolute atomic E-state index is 0.00543. The van der Waals surface area contributed by atoms with Crippen molar-refractivity contribution in [2.45, 2.75) is 19.6 Å². The number of H-pyrrole nitrogens is 1. The van der Waals surface area contributed by atoms with Gasteiger partial charge in [0, 0.05) is 27.2 Å². The van der Waals surface area contributed by atoms with Crippen LogP contribution in [0.15, 0.2) is 0 Å². The van der Waals surface area contributed by atoms with Crippen molar-refractivity contribution >= 4 is 5.91 Å². The molecule has 1 aromatic heterocycles. The summed E-state index contributed by atoms with van der Waals surface area (Å²) in [6.45, 7) is 4.46. The molecule has 0 saturated carbocycles. The summed E-state index contributed by atoms with van der Waals surface area (Å²) < 4.78 is 5.49. The Labute approximate surface area is 106 Å². The number of aryl methyl sites for hydroxylation is 1. The van der Waals surface area contributed by atoms with Gasteiger partial charge in [0.15, 0.2) is 5.82 Å². The Bertz CT molecular complexity index is 417. The monoisotopic (exact) mass is 253 g/mol. The van der Waals surface area contributed by atoms with Crippen LogP contribution < -0.4 is 0 Å². The Morgan fingerprint density at radius 1 is 1.61 bits per heavy atom. The molecule has 1 N–H and O–H groups in total. The van der Waals surface area contributed by atoms with Crippen LogP contribution in [0.5, 0.6) is 0 Å².